The van der Waals surface area contributed by atoms with E-state index in [9.17, 15) is 0 Å². The summed E-state index contributed by atoms with van der Waals surface area (Å²) in [7, 11) is 0. The molecule has 86 valence electrons. The van der Waals surface area contributed by atoms with Gasteiger partial charge in [-0.15, -0.1) is 0 Å². The van der Waals surface area contributed by atoms with Gasteiger partial charge >= 0.3 is 0 Å². The Labute approximate surface area is 94.2 Å². The molecule has 0 heterocycles. The number of thioether (sulfide) groups is 1. The van der Waals surface area contributed by atoms with Crippen molar-refractivity contribution in [2.45, 2.75) is 64.8 Å². The van der Waals surface area contributed by atoms with Crippen LogP contribution in [0.3, 0.4) is 0 Å². The molecule has 0 aliphatic heterocycles. The number of nitrogens with two attached hydrogens (primary N) is 1. The molecule has 0 aromatic carbocycles. The van der Waals surface area contributed by atoms with Crippen LogP contribution in [0, 0.1) is 0 Å². The maximum atomic E-state index is 5.67. The first-order valence-corrected chi connectivity index (χ1v) is 7.26. The van der Waals surface area contributed by atoms with E-state index in [2.05, 4.69) is 25.6 Å². The highest BCUT2D eigenvalue weighted by Crippen LogP contribution is 2.10. The van der Waals surface area contributed by atoms with Crippen molar-refractivity contribution in [3.8, 4) is 0 Å². The van der Waals surface area contributed by atoms with E-state index in [4.69, 9.17) is 5.73 Å². The summed E-state index contributed by atoms with van der Waals surface area (Å²) < 4.78 is 0. The highest BCUT2D eigenvalue weighted by atomic mass is 32.2. The molecule has 0 rings (SSSR count). The van der Waals surface area contributed by atoms with E-state index >= 15 is 0 Å². The normalized spacial score (nSPS) is 13.1. The summed E-state index contributed by atoms with van der Waals surface area (Å²) in [5.41, 5.74) is 5.67. The van der Waals surface area contributed by atoms with E-state index in [0.29, 0.717) is 6.04 Å². The van der Waals surface area contributed by atoms with Crippen molar-refractivity contribution < 1.29 is 0 Å². The van der Waals surface area contributed by atoms with Crippen LogP contribution in [0.5, 0.6) is 0 Å². The molecule has 0 aliphatic carbocycles. The van der Waals surface area contributed by atoms with Gasteiger partial charge in [-0.1, -0.05) is 39.0 Å². The average Bonchev–Trinajstić information content (AvgIpc) is 2.15. The second kappa shape index (κ2) is 11.4. The number of hydrogen-bond donors (Lipinski definition) is 1. The molecule has 0 amide bonds. The Morgan fingerprint density at radius 3 is 2.29 bits per heavy atom. The predicted octanol–water partition coefficient (Wildman–Crippen LogP) is 3.82. The largest absolute Gasteiger partial charge is 0.328 e. The Morgan fingerprint density at radius 1 is 1.00 bits per heavy atom. The Hall–Kier alpha value is 0.310. The fourth-order valence-electron chi connectivity index (χ4n) is 1.36. The summed E-state index contributed by atoms with van der Waals surface area (Å²) in [6, 6.07) is 0.382. The second-order valence-electron chi connectivity index (χ2n) is 4.15. The van der Waals surface area contributed by atoms with Crippen LogP contribution in [0.15, 0.2) is 0 Å². The van der Waals surface area contributed by atoms with Crippen LogP contribution in [0.25, 0.3) is 0 Å². The van der Waals surface area contributed by atoms with Gasteiger partial charge in [-0.05, 0) is 31.3 Å². The predicted molar refractivity (Wildman–Crippen MR) is 69.0 cm³/mol. The first-order valence-electron chi connectivity index (χ1n) is 6.10. The second-order valence-corrected chi connectivity index (χ2v) is 5.37. The monoisotopic (exact) mass is 217 g/mol. The van der Waals surface area contributed by atoms with Crippen molar-refractivity contribution >= 4 is 11.8 Å². The van der Waals surface area contributed by atoms with E-state index in [-0.39, 0.29) is 0 Å². The molecule has 0 bridgehead atoms. The Balaban J connectivity index is 2.85. The highest BCUT2D eigenvalue weighted by Gasteiger charge is 1.94. The van der Waals surface area contributed by atoms with Gasteiger partial charge in [0.1, 0.15) is 0 Å². The fraction of sp³-hybridized carbons (Fsp3) is 1.00. The Kier molecular flexibility index (Phi) is 11.6. The Bertz CT molecular complexity index is 104. The van der Waals surface area contributed by atoms with Gasteiger partial charge in [0.2, 0.25) is 0 Å². The average molecular weight is 217 g/mol. The van der Waals surface area contributed by atoms with Crippen LogP contribution in [0.2, 0.25) is 0 Å². The molecule has 0 spiro atoms. The summed E-state index contributed by atoms with van der Waals surface area (Å²) in [4.78, 5) is 0. The number of hydrogen-bond acceptors (Lipinski definition) is 2. The number of rotatable bonds is 10. The molecule has 0 unspecified atom stereocenters. The summed E-state index contributed by atoms with van der Waals surface area (Å²) in [6.45, 7) is 4.36. The van der Waals surface area contributed by atoms with Gasteiger partial charge in [0, 0.05) is 6.04 Å². The topological polar surface area (TPSA) is 26.0 Å². The zero-order chi connectivity index (χ0) is 10.6. The lowest BCUT2D eigenvalue weighted by molar-refractivity contribution is 0.626. The quantitative estimate of drug-likeness (QED) is 0.563. The van der Waals surface area contributed by atoms with Crippen molar-refractivity contribution in [2.75, 3.05) is 11.5 Å². The minimum absolute atomic E-state index is 0.382. The minimum atomic E-state index is 0.382. The lowest BCUT2D eigenvalue weighted by atomic mass is 10.1. The minimum Gasteiger partial charge on any atom is -0.328 e. The molecule has 1 nitrogen and oxygen atoms in total. The molecular weight excluding hydrogens is 190 g/mol. The summed E-state index contributed by atoms with van der Waals surface area (Å²) in [5, 5.41) is 0. The lowest BCUT2D eigenvalue weighted by Crippen LogP contribution is -2.15. The van der Waals surface area contributed by atoms with Crippen molar-refractivity contribution in [1.82, 2.24) is 0 Å². The van der Waals surface area contributed by atoms with Gasteiger partial charge in [0.25, 0.3) is 0 Å². The van der Waals surface area contributed by atoms with Gasteiger partial charge in [-0.2, -0.15) is 11.8 Å². The van der Waals surface area contributed by atoms with Crippen LogP contribution >= 0.6 is 11.8 Å². The number of unbranched alkanes of at least 4 members (excludes halogenated alkanes) is 5. The van der Waals surface area contributed by atoms with Crippen LogP contribution in [0.1, 0.15) is 58.8 Å². The highest BCUT2D eigenvalue weighted by molar-refractivity contribution is 7.99. The molecule has 0 saturated carbocycles. The van der Waals surface area contributed by atoms with Gasteiger partial charge in [-0.25, -0.2) is 0 Å². The maximum Gasteiger partial charge on any atom is 0.00183 e. The maximum absolute atomic E-state index is 5.67. The molecule has 2 N–H and O–H groups in total. The molecule has 0 aromatic heterocycles. The summed E-state index contributed by atoms with van der Waals surface area (Å²) in [6.07, 6.45) is 9.61. The molecule has 0 fully saturated rings. The smallest absolute Gasteiger partial charge is 0.00183 e. The molecule has 0 saturated heterocycles. The van der Waals surface area contributed by atoms with Gasteiger partial charge in [-0.3, -0.25) is 0 Å². The van der Waals surface area contributed by atoms with Crippen molar-refractivity contribution in [2.24, 2.45) is 5.73 Å². The standard InChI is InChI=1S/C12H27NS/c1-3-4-5-6-7-8-10-14-11-9-12(2)13/h12H,3-11,13H2,1-2H3/t12-/m1/s1. The lowest BCUT2D eigenvalue weighted by Gasteiger charge is -2.04. The first kappa shape index (κ1) is 14.3. The zero-order valence-corrected chi connectivity index (χ0v) is 10.7. The van der Waals surface area contributed by atoms with E-state index in [1.165, 1.54) is 56.5 Å². The van der Waals surface area contributed by atoms with Crippen molar-refractivity contribution in [1.29, 1.82) is 0 Å². The Morgan fingerprint density at radius 2 is 1.64 bits per heavy atom. The van der Waals surface area contributed by atoms with Gasteiger partial charge in [0.15, 0.2) is 0 Å². The van der Waals surface area contributed by atoms with Crippen LogP contribution in [0.4, 0.5) is 0 Å². The van der Waals surface area contributed by atoms with Crippen molar-refractivity contribution in [3.05, 3.63) is 0 Å². The molecular formula is C12H27NS. The fourth-order valence-corrected chi connectivity index (χ4v) is 2.51. The van der Waals surface area contributed by atoms with Crippen LogP contribution < -0.4 is 5.73 Å². The third kappa shape index (κ3) is 12.3. The molecule has 0 aromatic rings. The van der Waals surface area contributed by atoms with Crippen LogP contribution in [-0.4, -0.2) is 17.5 Å². The molecule has 0 radical (unpaired) electrons. The van der Waals surface area contributed by atoms with E-state index in [0.717, 1.165) is 0 Å². The molecule has 0 aliphatic rings. The third-order valence-corrected chi connectivity index (χ3v) is 3.46. The van der Waals surface area contributed by atoms with E-state index in [1.807, 2.05) is 0 Å². The zero-order valence-electron chi connectivity index (χ0n) is 9.93. The molecule has 1 atom stereocenters. The van der Waals surface area contributed by atoms with E-state index in [1.54, 1.807) is 0 Å². The van der Waals surface area contributed by atoms with Gasteiger partial charge in [0.05, 0.1) is 0 Å². The van der Waals surface area contributed by atoms with E-state index < -0.39 is 0 Å². The van der Waals surface area contributed by atoms with Crippen LogP contribution in [-0.2, 0) is 0 Å². The third-order valence-electron chi connectivity index (χ3n) is 2.36. The summed E-state index contributed by atoms with van der Waals surface area (Å²) >= 11 is 2.07. The van der Waals surface area contributed by atoms with Gasteiger partial charge < -0.3 is 5.73 Å². The van der Waals surface area contributed by atoms with Crippen molar-refractivity contribution in [3.63, 3.8) is 0 Å². The first-order chi connectivity index (χ1) is 6.77. The molecule has 14 heavy (non-hydrogen) atoms. The molecule has 2 heteroatoms. The summed E-state index contributed by atoms with van der Waals surface area (Å²) in [5.74, 6) is 2.57. The SMILES string of the molecule is CCCCCCCCSCC[C@@H](C)N.